The van der Waals surface area contributed by atoms with Gasteiger partial charge < -0.3 is 9.80 Å². The van der Waals surface area contributed by atoms with Crippen molar-refractivity contribution in [2.24, 2.45) is 11.8 Å². The Morgan fingerprint density at radius 3 is 1.91 bits per heavy atom. The van der Waals surface area contributed by atoms with Gasteiger partial charge in [-0.3, -0.25) is 8.80 Å². The molecule has 3 fully saturated rings. The highest BCUT2D eigenvalue weighted by atomic mass is 35.5. The quantitative estimate of drug-likeness (QED) is 0.143. The summed E-state index contributed by atoms with van der Waals surface area (Å²) in [5.41, 5.74) is 1.45. The van der Waals surface area contributed by atoms with Crippen molar-refractivity contribution in [2.75, 3.05) is 36.0 Å². The molecule has 0 atom stereocenters. The molecular formula is C43H47ClF4N8. The Balaban J connectivity index is 0.000000159. The number of nitrogens with zero attached hydrogens (tertiary/aromatic N) is 8. The van der Waals surface area contributed by atoms with Crippen LogP contribution in [0.2, 0.25) is 5.02 Å². The van der Waals surface area contributed by atoms with E-state index >= 15 is 4.39 Å². The Morgan fingerprint density at radius 2 is 1.29 bits per heavy atom. The highest BCUT2D eigenvalue weighted by Gasteiger charge is 2.42. The molecule has 3 aliphatic rings. The van der Waals surface area contributed by atoms with Crippen molar-refractivity contribution in [3.8, 4) is 0 Å². The van der Waals surface area contributed by atoms with E-state index in [-0.39, 0.29) is 37.3 Å². The van der Waals surface area contributed by atoms with E-state index in [2.05, 4.69) is 81.7 Å². The maximum absolute atomic E-state index is 15.4. The van der Waals surface area contributed by atoms with Crippen molar-refractivity contribution < 1.29 is 17.6 Å². The topological polar surface area (TPSA) is 66.9 Å². The second-order valence-electron chi connectivity index (χ2n) is 15.9. The number of halogens is 5. The minimum Gasteiger partial charge on any atom is -0.371 e. The van der Waals surface area contributed by atoms with Gasteiger partial charge in [-0.25, -0.2) is 4.39 Å². The average molecular weight is 787 g/mol. The van der Waals surface area contributed by atoms with Crippen molar-refractivity contribution in [1.29, 1.82) is 0 Å². The van der Waals surface area contributed by atoms with Crippen molar-refractivity contribution in [2.45, 2.75) is 83.0 Å². The number of fused-ring (bicyclic) bond motifs is 2. The van der Waals surface area contributed by atoms with Gasteiger partial charge in [0.05, 0.1) is 11.4 Å². The monoisotopic (exact) mass is 786 g/mol. The molecule has 0 unspecified atom stereocenters. The van der Waals surface area contributed by atoms with Crippen LogP contribution in [0.3, 0.4) is 0 Å². The second kappa shape index (κ2) is 15.7. The number of benzene rings is 2. The number of aromatic nitrogens is 6. The van der Waals surface area contributed by atoms with Crippen LogP contribution >= 0.6 is 11.6 Å². The van der Waals surface area contributed by atoms with Crippen molar-refractivity contribution in [3.63, 3.8) is 0 Å². The minimum absolute atomic E-state index is 0.0514. The summed E-state index contributed by atoms with van der Waals surface area (Å²) in [6.45, 7) is 6.81. The molecule has 0 spiro atoms. The van der Waals surface area contributed by atoms with E-state index in [1.54, 1.807) is 35.4 Å². The number of piperidine rings is 2. The Hall–Kier alpha value is -4.71. The first-order valence-electron chi connectivity index (χ1n) is 19.7. The molecule has 0 bridgehead atoms. The van der Waals surface area contributed by atoms with Crippen molar-refractivity contribution >= 4 is 34.3 Å². The summed E-state index contributed by atoms with van der Waals surface area (Å²) in [4.78, 5) is 4.01. The molecule has 6 heterocycles. The molecule has 2 aromatic carbocycles. The van der Waals surface area contributed by atoms with E-state index in [1.807, 2.05) is 10.5 Å². The predicted octanol–water partition coefficient (Wildman–Crippen LogP) is 10.1. The maximum Gasteiger partial charge on any atom is 0.422 e. The fourth-order valence-corrected chi connectivity index (χ4v) is 8.58. The lowest BCUT2D eigenvalue weighted by Gasteiger charge is -2.38. The molecule has 8 nitrogen and oxygen atoms in total. The SMILES string of the molecule is CC(C)Cc1nnc2c(Cl)c(N3CCC(c4ccccc4)CC3)ccn12.FC(F)(F)c1c(N2CCC(F)(c3ccccc3)CC2)ccn2c(CC3CC3)nnc12. The molecule has 56 heavy (non-hydrogen) atoms. The first-order valence-corrected chi connectivity index (χ1v) is 20.1. The van der Waals surface area contributed by atoms with E-state index in [9.17, 15) is 13.2 Å². The lowest BCUT2D eigenvalue weighted by molar-refractivity contribution is -0.136. The summed E-state index contributed by atoms with van der Waals surface area (Å²) in [5.74, 6) is 3.21. The number of hydrogen-bond acceptors (Lipinski definition) is 6. The second-order valence-corrected chi connectivity index (χ2v) is 16.3. The third-order valence-electron chi connectivity index (χ3n) is 11.5. The lowest BCUT2D eigenvalue weighted by atomic mass is 9.86. The fraction of sp³-hybridized carbons (Fsp3) is 0.442. The van der Waals surface area contributed by atoms with Gasteiger partial charge in [-0.1, -0.05) is 86.1 Å². The fourth-order valence-electron chi connectivity index (χ4n) is 8.27. The number of hydrogen-bond donors (Lipinski definition) is 0. The van der Waals surface area contributed by atoms with Crippen molar-refractivity contribution in [1.82, 2.24) is 29.2 Å². The molecule has 0 N–H and O–H groups in total. The number of pyridine rings is 2. The maximum atomic E-state index is 15.4. The van der Waals surface area contributed by atoms with E-state index in [0.29, 0.717) is 40.6 Å². The summed E-state index contributed by atoms with van der Waals surface area (Å²) in [6.07, 6.45) is 5.39. The van der Waals surface area contributed by atoms with Gasteiger partial charge in [0.2, 0.25) is 0 Å². The zero-order valence-corrected chi connectivity index (χ0v) is 32.5. The van der Waals surface area contributed by atoms with Crippen LogP contribution in [0.25, 0.3) is 11.3 Å². The van der Waals surface area contributed by atoms with Crippen LogP contribution in [0.1, 0.15) is 86.6 Å². The van der Waals surface area contributed by atoms with Gasteiger partial charge in [0.25, 0.3) is 0 Å². The third-order valence-corrected chi connectivity index (χ3v) is 11.9. The van der Waals surface area contributed by atoms with Crippen LogP contribution in [-0.2, 0) is 24.7 Å². The number of anilines is 2. The molecule has 1 aliphatic carbocycles. The molecule has 0 amide bonds. The molecule has 9 rings (SSSR count). The van der Waals surface area contributed by atoms with Crippen LogP contribution in [0.5, 0.6) is 0 Å². The summed E-state index contributed by atoms with van der Waals surface area (Å²) < 4.78 is 61.1. The van der Waals surface area contributed by atoms with Crippen LogP contribution < -0.4 is 9.80 Å². The van der Waals surface area contributed by atoms with Gasteiger partial charge in [0.1, 0.15) is 27.9 Å². The third kappa shape index (κ3) is 7.94. The Bertz CT molecular complexity index is 2250. The largest absolute Gasteiger partial charge is 0.422 e. The first kappa shape index (κ1) is 38.2. The summed E-state index contributed by atoms with van der Waals surface area (Å²) in [5, 5.41) is 17.3. The lowest BCUT2D eigenvalue weighted by Crippen LogP contribution is -2.41. The smallest absolute Gasteiger partial charge is 0.371 e. The van der Waals surface area contributed by atoms with Gasteiger partial charge >= 0.3 is 6.18 Å². The number of rotatable bonds is 8. The summed E-state index contributed by atoms with van der Waals surface area (Å²) in [6, 6.07) is 23.3. The van der Waals surface area contributed by atoms with Crippen molar-refractivity contribution in [3.05, 3.63) is 119 Å². The van der Waals surface area contributed by atoms with E-state index in [4.69, 9.17) is 11.6 Å². The molecule has 6 aromatic rings. The van der Waals surface area contributed by atoms with Crippen LogP contribution in [-0.4, -0.2) is 55.4 Å². The van der Waals surface area contributed by atoms with Gasteiger partial charge in [-0.15, -0.1) is 20.4 Å². The van der Waals surface area contributed by atoms with Crippen LogP contribution in [0, 0.1) is 11.8 Å². The highest BCUT2D eigenvalue weighted by molar-refractivity contribution is 6.36. The zero-order valence-electron chi connectivity index (χ0n) is 31.8. The molecule has 0 radical (unpaired) electrons. The van der Waals surface area contributed by atoms with Crippen LogP contribution in [0.4, 0.5) is 28.9 Å². The molecule has 2 aliphatic heterocycles. The van der Waals surface area contributed by atoms with E-state index < -0.39 is 17.4 Å². The van der Waals surface area contributed by atoms with Gasteiger partial charge in [0.15, 0.2) is 11.3 Å². The normalized spacial score (nSPS) is 17.8. The summed E-state index contributed by atoms with van der Waals surface area (Å²) >= 11 is 6.71. The first-order chi connectivity index (χ1) is 27.0. The Morgan fingerprint density at radius 1 is 0.714 bits per heavy atom. The molecule has 2 saturated heterocycles. The van der Waals surface area contributed by atoms with Gasteiger partial charge in [-0.05, 0) is 66.7 Å². The Kier molecular flexibility index (Phi) is 10.7. The highest BCUT2D eigenvalue weighted by Crippen LogP contribution is 2.44. The predicted molar refractivity (Wildman–Crippen MR) is 212 cm³/mol. The molecule has 13 heteroatoms. The minimum atomic E-state index is -4.58. The molecule has 4 aromatic heterocycles. The van der Waals surface area contributed by atoms with E-state index in [1.165, 1.54) is 16.0 Å². The van der Waals surface area contributed by atoms with Gasteiger partial charge in [-0.2, -0.15) is 13.2 Å². The van der Waals surface area contributed by atoms with Crippen LogP contribution in [0.15, 0.2) is 85.2 Å². The standard InChI is InChI=1S/C22H22F4N4.C21H25ClN4/c23-21(16-4-2-1-3-5-16)9-12-29(13-10-21)17-8-11-30-18(14-15-6-7-15)27-28-20(30)19(17)22(24,25)26;1-15(2)14-19-23-24-21-20(22)18(10-13-26(19)21)25-11-8-17(9-12-25)16-6-4-3-5-7-16/h1-5,8,11,15H,6-7,9-10,12-14H2;3-7,10,13,15,17H,8-9,11-12,14H2,1-2H3. The molecule has 1 saturated carbocycles. The van der Waals surface area contributed by atoms with E-state index in [0.717, 1.165) is 62.4 Å². The molecular weight excluding hydrogens is 740 g/mol. The van der Waals surface area contributed by atoms with Gasteiger partial charge in [0, 0.05) is 64.3 Å². The molecule has 294 valence electrons. The number of alkyl halides is 4. The Labute approximate surface area is 329 Å². The zero-order chi connectivity index (χ0) is 39.0. The summed E-state index contributed by atoms with van der Waals surface area (Å²) in [7, 11) is 0. The average Bonchev–Trinajstić information content (AvgIpc) is 3.80.